The zero-order chi connectivity index (χ0) is 58.4. The van der Waals surface area contributed by atoms with Gasteiger partial charge in [-0.2, -0.15) is 0 Å². The standard InChI is InChI=1S/2C35H56N2O3S.Ca/c2*1-2-3-4-5-6-7-8-9-10-11-12-13-14-15-16-17-18-19-23-29-34-36-32-27-24-28-33(41(38,39)40)35(32)37(34)30-31-25-21-20-22-26-31;/h2*20-22,24-28,34,36H,2-19,23,29-30H2,1H3,(H,38,39,40);/q;;+2/p-2. The number of benzene rings is 4. The van der Waals surface area contributed by atoms with Crippen LogP contribution in [0.2, 0.25) is 0 Å². The molecular weight excluding hydrogens is 1100 g/mol. The normalized spacial score (nSPS) is 14.6. The quantitative estimate of drug-likeness (QED) is 0.0249. The minimum atomic E-state index is -4.56. The van der Waals surface area contributed by atoms with Crippen molar-refractivity contribution in [1.82, 2.24) is 0 Å². The Morgan fingerprint density at radius 2 is 0.578 bits per heavy atom. The van der Waals surface area contributed by atoms with E-state index in [1.807, 2.05) is 72.8 Å². The van der Waals surface area contributed by atoms with E-state index in [1.54, 1.807) is 12.1 Å². The van der Waals surface area contributed by atoms with Crippen molar-refractivity contribution in [3.05, 3.63) is 108 Å². The summed E-state index contributed by atoms with van der Waals surface area (Å²) in [5, 5.41) is 7.00. The fraction of sp³-hybridized carbons (Fsp3) is 0.657. The molecule has 4 aromatic rings. The molecule has 0 radical (unpaired) electrons. The predicted molar refractivity (Wildman–Crippen MR) is 351 cm³/mol. The van der Waals surface area contributed by atoms with Gasteiger partial charge in [0.1, 0.15) is 20.2 Å². The summed E-state index contributed by atoms with van der Waals surface area (Å²) in [5.74, 6) is 0. The number of unbranched alkanes of at least 4 members (excludes halogenated alkanes) is 36. The second-order valence-corrected chi connectivity index (χ2v) is 26.8. The van der Waals surface area contributed by atoms with E-state index < -0.39 is 20.2 Å². The number of nitrogens with zero attached hydrogens (tertiary/aromatic N) is 2. The Kier molecular flexibility index (Phi) is 38.3. The van der Waals surface area contributed by atoms with Gasteiger partial charge in [0.2, 0.25) is 0 Å². The van der Waals surface area contributed by atoms with E-state index in [0.717, 1.165) is 48.2 Å². The fourth-order valence-corrected chi connectivity index (χ4v) is 13.7. The van der Waals surface area contributed by atoms with E-state index in [-0.39, 0.29) is 59.9 Å². The van der Waals surface area contributed by atoms with Crippen LogP contribution in [0.25, 0.3) is 0 Å². The van der Waals surface area contributed by atoms with Gasteiger partial charge in [-0.25, -0.2) is 16.8 Å². The van der Waals surface area contributed by atoms with Gasteiger partial charge in [-0.15, -0.1) is 0 Å². The second kappa shape index (κ2) is 43.7. The third kappa shape index (κ3) is 29.1. The van der Waals surface area contributed by atoms with Crippen molar-refractivity contribution >= 4 is 80.7 Å². The Morgan fingerprint density at radius 3 is 0.819 bits per heavy atom. The van der Waals surface area contributed by atoms with Crippen molar-refractivity contribution in [2.45, 2.75) is 306 Å². The molecule has 0 spiro atoms. The minimum Gasteiger partial charge on any atom is -0.744 e. The number of fused-ring (bicyclic) bond motifs is 2. The number of para-hydroxylation sites is 2. The molecule has 460 valence electrons. The van der Waals surface area contributed by atoms with Crippen LogP contribution in [0.4, 0.5) is 22.7 Å². The molecule has 0 saturated heterocycles. The molecule has 2 heterocycles. The second-order valence-electron chi connectivity index (χ2n) is 24.1. The number of anilines is 4. The van der Waals surface area contributed by atoms with Crippen LogP contribution in [0.15, 0.2) is 107 Å². The van der Waals surface area contributed by atoms with Gasteiger partial charge < -0.3 is 29.5 Å². The van der Waals surface area contributed by atoms with Crippen molar-refractivity contribution in [2.75, 3.05) is 20.4 Å². The first-order valence-electron chi connectivity index (χ1n) is 33.3. The molecule has 0 saturated carbocycles. The van der Waals surface area contributed by atoms with Crippen LogP contribution in [0.5, 0.6) is 0 Å². The molecule has 83 heavy (non-hydrogen) atoms. The average Bonchev–Trinajstić information content (AvgIpc) is 3.19. The van der Waals surface area contributed by atoms with Crippen molar-refractivity contribution in [2.24, 2.45) is 0 Å². The van der Waals surface area contributed by atoms with Crippen LogP contribution in [-0.2, 0) is 33.3 Å². The summed E-state index contributed by atoms with van der Waals surface area (Å²) in [6.45, 7) is 5.70. The van der Waals surface area contributed by atoms with Gasteiger partial charge in [-0.1, -0.05) is 318 Å². The Labute approximate surface area is 536 Å². The zero-order valence-electron chi connectivity index (χ0n) is 52.0. The minimum absolute atomic E-state index is 0. The van der Waals surface area contributed by atoms with Gasteiger partial charge in [0.05, 0.1) is 44.9 Å². The molecule has 2 atom stereocenters. The SMILES string of the molecule is CCCCCCCCCCCCCCCCCCCCCC1Nc2cccc(S(=O)(=O)[O-])c2N1Cc1ccccc1.CCCCCCCCCCCCCCCCCCCCCC1Nc2cccc(S(=O)(=O)[O-])c2N1Cc1ccccc1.[Ca+2]. The van der Waals surface area contributed by atoms with E-state index in [1.165, 1.54) is 243 Å². The van der Waals surface area contributed by atoms with Crippen molar-refractivity contribution in [3.63, 3.8) is 0 Å². The van der Waals surface area contributed by atoms with Crippen LogP contribution in [0.3, 0.4) is 0 Å². The van der Waals surface area contributed by atoms with E-state index in [2.05, 4.69) is 34.3 Å². The van der Waals surface area contributed by atoms with Crippen molar-refractivity contribution in [1.29, 1.82) is 0 Å². The Bertz CT molecular complexity index is 2330. The molecule has 2 aliphatic rings. The molecule has 2 N–H and O–H groups in total. The van der Waals surface area contributed by atoms with E-state index in [4.69, 9.17) is 0 Å². The van der Waals surface area contributed by atoms with Crippen LogP contribution >= 0.6 is 0 Å². The van der Waals surface area contributed by atoms with Crippen LogP contribution in [-0.4, -0.2) is 76.0 Å². The summed E-state index contributed by atoms with van der Waals surface area (Å²) < 4.78 is 72.2. The predicted octanol–water partition coefficient (Wildman–Crippen LogP) is 20.0. The number of hydrogen-bond donors (Lipinski definition) is 2. The van der Waals surface area contributed by atoms with Crippen molar-refractivity contribution < 1.29 is 25.9 Å². The van der Waals surface area contributed by atoms with Gasteiger partial charge in [0.15, 0.2) is 0 Å². The van der Waals surface area contributed by atoms with Crippen molar-refractivity contribution in [3.8, 4) is 0 Å². The van der Waals surface area contributed by atoms with Crippen LogP contribution in [0.1, 0.15) is 282 Å². The summed E-state index contributed by atoms with van der Waals surface area (Å²) >= 11 is 0. The maximum atomic E-state index is 12.0. The van der Waals surface area contributed by atoms with Gasteiger partial charge in [-0.05, 0) is 61.1 Å². The summed E-state index contributed by atoms with van der Waals surface area (Å²) in [6, 6.07) is 30.0. The van der Waals surface area contributed by atoms with Gasteiger partial charge in [0.25, 0.3) is 0 Å². The zero-order valence-corrected chi connectivity index (χ0v) is 55.8. The molecule has 2 unspecified atom stereocenters. The summed E-state index contributed by atoms with van der Waals surface area (Å²) in [6.07, 6.45) is 53.5. The molecule has 0 aromatic heterocycles. The van der Waals surface area contributed by atoms with Gasteiger partial charge in [-0.3, -0.25) is 0 Å². The maximum Gasteiger partial charge on any atom is 2.00 e. The molecule has 0 amide bonds. The summed E-state index contributed by atoms with van der Waals surface area (Å²) in [7, 11) is -9.13. The Morgan fingerprint density at radius 1 is 0.337 bits per heavy atom. The van der Waals surface area contributed by atoms with E-state index in [9.17, 15) is 25.9 Å². The fourth-order valence-electron chi connectivity index (χ4n) is 12.3. The van der Waals surface area contributed by atoms with Crippen LogP contribution < -0.4 is 20.4 Å². The molecule has 0 aliphatic carbocycles. The average molecular weight is 1210 g/mol. The first-order valence-corrected chi connectivity index (χ1v) is 36.1. The maximum absolute atomic E-state index is 12.0. The topological polar surface area (TPSA) is 145 Å². The third-order valence-corrected chi connectivity index (χ3v) is 18.8. The summed E-state index contributed by atoms with van der Waals surface area (Å²) in [4.78, 5) is 3.89. The number of rotatable bonds is 46. The molecular formula is C70H110CaN4O6S2. The Hall–Kier alpha value is -2.84. The molecule has 2 aliphatic heterocycles. The summed E-state index contributed by atoms with van der Waals surface area (Å²) in [5.41, 5.74) is 4.71. The molecule has 13 heteroatoms. The molecule has 6 rings (SSSR count). The first-order chi connectivity index (χ1) is 40.0. The van der Waals surface area contributed by atoms with Gasteiger partial charge in [0, 0.05) is 13.1 Å². The number of hydrogen-bond acceptors (Lipinski definition) is 10. The van der Waals surface area contributed by atoms with E-state index in [0.29, 0.717) is 24.5 Å². The monoisotopic (exact) mass is 1210 g/mol. The first kappa shape index (κ1) is 72.6. The molecule has 0 fully saturated rings. The van der Waals surface area contributed by atoms with Gasteiger partial charge >= 0.3 is 37.7 Å². The molecule has 10 nitrogen and oxygen atoms in total. The van der Waals surface area contributed by atoms with Crippen LogP contribution in [0, 0.1) is 0 Å². The molecule has 0 bridgehead atoms. The Balaban J connectivity index is 0.000000352. The third-order valence-electron chi connectivity index (χ3n) is 17.1. The largest absolute Gasteiger partial charge is 2.00 e. The number of nitrogens with one attached hydrogen (secondary N) is 2. The molecule has 4 aromatic carbocycles. The van der Waals surface area contributed by atoms with E-state index >= 15 is 0 Å². The smallest absolute Gasteiger partial charge is 0.744 e.